The van der Waals surface area contributed by atoms with Crippen molar-refractivity contribution in [3.05, 3.63) is 42.0 Å². The molecule has 4 aliphatic rings. The van der Waals surface area contributed by atoms with Crippen LogP contribution in [0.15, 0.2) is 36.4 Å². The van der Waals surface area contributed by atoms with E-state index >= 15 is 0 Å². The molecule has 0 amide bonds. The summed E-state index contributed by atoms with van der Waals surface area (Å²) in [5, 5.41) is 2.50. The van der Waals surface area contributed by atoms with Crippen molar-refractivity contribution < 1.29 is 14.3 Å². The molecular weight excluding hydrogens is 398 g/mol. The molecule has 1 aliphatic heterocycles. The molecule has 170 valence electrons. The van der Waals surface area contributed by atoms with Crippen LogP contribution in [0.25, 0.3) is 10.8 Å². The highest BCUT2D eigenvalue weighted by molar-refractivity contribution is 5.88. The summed E-state index contributed by atoms with van der Waals surface area (Å²) in [5.74, 6) is 1.12. The van der Waals surface area contributed by atoms with Gasteiger partial charge in [-0.3, -0.25) is 9.69 Å². The molecule has 32 heavy (non-hydrogen) atoms. The van der Waals surface area contributed by atoms with Gasteiger partial charge in [-0.15, -0.1) is 0 Å². The molecule has 1 saturated heterocycles. The summed E-state index contributed by atoms with van der Waals surface area (Å²) in [6, 6.07) is 14.6. The van der Waals surface area contributed by atoms with Crippen molar-refractivity contribution in [3.63, 3.8) is 0 Å². The number of carbonyl (C=O) groups is 1. The summed E-state index contributed by atoms with van der Waals surface area (Å²) < 4.78 is 11.5. The molecule has 1 heterocycles. The summed E-state index contributed by atoms with van der Waals surface area (Å²) in [6.07, 6.45) is 12.5. The van der Waals surface area contributed by atoms with Gasteiger partial charge in [0.2, 0.25) is 0 Å². The van der Waals surface area contributed by atoms with E-state index in [-0.39, 0.29) is 11.9 Å². The molecule has 0 bridgehead atoms. The van der Waals surface area contributed by atoms with Gasteiger partial charge >= 0.3 is 5.97 Å². The van der Waals surface area contributed by atoms with E-state index in [9.17, 15) is 4.79 Å². The van der Waals surface area contributed by atoms with Crippen LogP contribution >= 0.6 is 0 Å². The van der Waals surface area contributed by atoms with E-state index in [1.165, 1.54) is 74.8 Å². The van der Waals surface area contributed by atoms with Crippen LogP contribution in [0.5, 0.6) is 5.75 Å². The second-order valence-corrected chi connectivity index (χ2v) is 10.7. The second kappa shape index (κ2) is 8.06. The Kier molecular flexibility index (Phi) is 5.17. The van der Waals surface area contributed by atoms with Crippen molar-refractivity contribution in [2.75, 3.05) is 7.11 Å². The monoisotopic (exact) mass is 433 g/mol. The van der Waals surface area contributed by atoms with Crippen molar-refractivity contribution in [1.29, 1.82) is 0 Å². The Morgan fingerprint density at radius 2 is 1.94 bits per heavy atom. The zero-order valence-electron chi connectivity index (χ0n) is 19.2. The molecule has 4 fully saturated rings. The molecule has 0 N–H and O–H groups in total. The van der Waals surface area contributed by atoms with Crippen LogP contribution in [0.2, 0.25) is 0 Å². The molecule has 1 spiro atoms. The molecule has 4 heteroatoms. The van der Waals surface area contributed by atoms with Gasteiger partial charge in [0.05, 0.1) is 19.1 Å². The highest BCUT2D eigenvalue weighted by atomic mass is 16.5. The first kappa shape index (κ1) is 20.5. The van der Waals surface area contributed by atoms with E-state index in [0.29, 0.717) is 23.6 Å². The Morgan fingerprint density at radius 3 is 2.78 bits per heavy atom. The van der Waals surface area contributed by atoms with E-state index in [1.807, 2.05) is 0 Å². The third kappa shape index (κ3) is 3.25. The van der Waals surface area contributed by atoms with Crippen LogP contribution in [0, 0.1) is 11.3 Å². The number of hydrogen-bond donors (Lipinski definition) is 0. The lowest BCUT2D eigenvalue weighted by atomic mass is 9.68. The molecule has 4 nitrogen and oxygen atoms in total. The zero-order valence-corrected chi connectivity index (χ0v) is 19.2. The van der Waals surface area contributed by atoms with Crippen molar-refractivity contribution in [2.24, 2.45) is 11.3 Å². The number of benzene rings is 2. The maximum atomic E-state index is 12.3. The van der Waals surface area contributed by atoms with Crippen LogP contribution in [-0.2, 0) is 16.1 Å². The van der Waals surface area contributed by atoms with Crippen molar-refractivity contribution in [3.8, 4) is 5.75 Å². The molecule has 6 rings (SSSR count). The quantitative estimate of drug-likeness (QED) is 0.554. The van der Waals surface area contributed by atoms with Gasteiger partial charge < -0.3 is 9.47 Å². The number of likely N-dealkylation sites (tertiary alicyclic amines) is 1. The van der Waals surface area contributed by atoms with E-state index in [4.69, 9.17) is 9.47 Å². The fourth-order valence-electron chi connectivity index (χ4n) is 7.63. The van der Waals surface area contributed by atoms with E-state index in [1.54, 1.807) is 0 Å². The summed E-state index contributed by atoms with van der Waals surface area (Å²) in [6.45, 7) is 0.981. The molecule has 4 atom stereocenters. The number of hydrogen-bond acceptors (Lipinski definition) is 4. The number of methoxy groups -OCH3 is 1. The molecular formula is C28H35NO3. The van der Waals surface area contributed by atoms with E-state index in [0.717, 1.165) is 25.1 Å². The van der Waals surface area contributed by atoms with Gasteiger partial charge in [-0.1, -0.05) is 37.1 Å². The third-order valence-electron chi connectivity index (χ3n) is 9.03. The molecule has 3 aliphatic carbocycles. The molecule has 3 saturated carbocycles. The first-order valence-corrected chi connectivity index (χ1v) is 12.7. The van der Waals surface area contributed by atoms with Gasteiger partial charge in [0.15, 0.2) is 0 Å². The third-order valence-corrected chi connectivity index (χ3v) is 9.03. The largest absolute Gasteiger partial charge is 0.490 e. The van der Waals surface area contributed by atoms with Gasteiger partial charge in [0, 0.05) is 29.4 Å². The first-order valence-electron chi connectivity index (χ1n) is 12.7. The van der Waals surface area contributed by atoms with Crippen LogP contribution in [-0.4, -0.2) is 36.2 Å². The van der Waals surface area contributed by atoms with Crippen LogP contribution < -0.4 is 4.74 Å². The molecule has 2 aromatic carbocycles. The lowest BCUT2D eigenvalue weighted by Crippen LogP contribution is -2.66. The minimum absolute atomic E-state index is 0.00410. The van der Waals surface area contributed by atoms with Gasteiger partial charge in [-0.25, -0.2) is 0 Å². The topological polar surface area (TPSA) is 38.8 Å². The van der Waals surface area contributed by atoms with Gasteiger partial charge in [-0.2, -0.15) is 0 Å². The van der Waals surface area contributed by atoms with Gasteiger partial charge in [-0.05, 0) is 74.4 Å². The zero-order chi connectivity index (χ0) is 21.7. The van der Waals surface area contributed by atoms with Crippen molar-refractivity contribution in [1.82, 2.24) is 4.90 Å². The lowest BCUT2D eigenvalue weighted by molar-refractivity contribution is -0.145. The molecule has 0 aromatic heterocycles. The summed E-state index contributed by atoms with van der Waals surface area (Å²) in [5.41, 5.74) is 1.74. The lowest BCUT2D eigenvalue weighted by Gasteiger charge is -2.58. The minimum atomic E-state index is -0.00410. The predicted molar refractivity (Wildman–Crippen MR) is 126 cm³/mol. The number of ether oxygens (including phenoxy) is 2. The summed E-state index contributed by atoms with van der Waals surface area (Å²) in [4.78, 5) is 14.9. The summed E-state index contributed by atoms with van der Waals surface area (Å²) in [7, 11) is 1.53. The fourth-order valence-corrected chi connectivity index (χ4v) is 7.63. The number of nitrogens with zero attached hydrogens (tertiary/aromatic N) is 1. The number of carbonyl (C=O) groups excluding carboxylic acids is 1. The Labute approximate surface area is 191 Å². The average molecular weight is 434 g/mol. The average Bonchev–Trinajstić information content (AvgIpc) is 3.36. The Hall–Kier alpha value is -2.07. The molecule has 2 aromatic rings. The van der Waals surface area contributed by atoms with Gasteiger partial charge in [0.25, 0.3) is 0 Å². The SMILES string of the molecule is COC(=O)C1CC2N(Cc3ccc4c(OC5CCCCC5)cccc4c3)C3CCCC32C1. The Bertz CT molecular complexity index is 1010. The maximum Gasteiger partial charge on any atom is 0.308 e. The first-order chi connectivity index (χ1) is 15.7. The van der Waals surface area contributed by atoms with E-state index in [2.05, 4.69) is 41.3 Å². The summed E-state index contributed by atoms with van der Waals surface area (Å²) >= 11 is 0. The number of esters is 1. The highest BCUT2D eigenvalue weighted by Crippen LogP contribution is 2.64. The maximum absolute atomic E-state index is 12.3. The van der Waals surface area contributed by atoms with Crippen molar-refractivity contribution in [2.45, 2.75) is 88.9 Å². The molecule has 0 radical (unpaired) electrons. The Balaban J connectivity index is 1.21. The van der Waals surface area contributed by atoms with Crippen LogP contribution in [0.3, 0.4) is 0 Å². The predicted octanol–water partition coefficient (Wildman–Crippen LogP) is 5.86. The van der Waals surface area contributed by atoms with Crippen LogP contribution in [0.1, 0.15) is 69.8 Å². The van der Waals surface area contributed by atoms with E-state index < -0.39 is 0 Å². The normalized spacial score (nSPS) is 32.3. The fraction of sp³-hybridized carbons (Fsp3) is 0.607. The Morgan fingerprint density at radius 1 is 1.06 bits per heavy atom. The number of rotatable bonds is 5. The van der Waals surface area contributed by atoms with Crippen molar-refractivity contribution >= 4 is 16.7 Å². The van der Waals surface area contributed by atoms with Crippen LogP contribution in [0.4, 0.5) is 0 Å². The highest BCUT2D eigenvalue weighted by Gasteiger charge is 2.66. The molecule has 4 unspecified atom stereocenters. The number of fused-ring (bicyclic) bond motifs is 1. The van der Waals surface area contributed by atoms with Gasteiger partial charge in [0.1, 0.15) is 5.75 Å². The second-order valence-electron chi connectivity index (χ2n) is 10.7. The smallest absolute Gasteiger partial charge is 0.308 e. The minimum Gasteiger partial charge on any atom is -0.490 e. The standard InChI is InChI=1S/C28H35NO3/c1-31-27(30)21-16-26-28(17-21)14-6-11-25(28)29(26)18-19-12-13-23-20(15-19)7-5-10-24(23)32-22-8-3-2-4-9-22/h5,7,10,12-13,15,21-22,25-26H,2-4,6,8-9,11,14,16-18H2,1H3.